The van der Waals surface area contributed by atoms with Crippen LogP contribution in [0.3, 0.4) is 0 Å². The van der Waals surface area contributed by atoms with E-state index in [-0.39, 0.29) is 36.2 Å². The molecule has 1 saturated heterocycles. The molecular weight excluding hydrogens is 468 g/mol. The third kappa shape index (κ3) is 5.86. The van der Waals surface area contributed by atoms with Crippen LogP contribution in [0.2, 0.25) is 0 Å². The van der Waals surface area contributed by atoms with Crippen LogP contribution in [-0.4, -0.2) is 40.4 Å². The number of carbonyl (C=O) groups is 2. The lowest BCUT2D eigenvalue weighted by Gasteiger charge is -2.16. The molecule has 35 heavy (non-hydrogen) atoms. The molecule has 1 fully saturated rings. The molecule has 0 radical (unpaired) electrons. The number of carbonyl (C=O) groups excluding carboxylic acids is 2. The van der Waals surface area contributed by atoms with Crippen LogP contribution in [0.25, 0.3) is 16.9 Å². The van der Waals surface area contributed by atoms with Crippen molar-refractivity contribution in [1.29, 1.82) is 0 Å². The molecule has 2 amide bonds. The number of hydrogen-bond donors (Lipinski definition) is 2. The molecule has 1 aliphatic heterocycles. The third-order valence-corrected chi connectivity index (χ3v) is 5.52. The van der Waals surface area contributed by atoms with Gasteiger partial charge < -0.3 is 15.4 Å². The largest absolute Gasteiger partial charge is 0.414 e. The first-order valence-corrected chi connectivity index (χ1v) is 10.8. The average molecular weight is 490 g/mol. The maximum atomic E-state index is 14.4. The fraction of sp³-hybridized carbons (Fsp3) is 0.292. The van der Waals surface area contributed by atoms with E-state index in [0.29, 0.717) is 16.9 Å². The summed E-state index contributed by atoms with van der Waals surface area (Å²) >= 11 is 0. The summed E-state index contributed by atoms with van der Waals surface area (Å²) in [4.78, 5) is 24.0. The molecule has 0 aliphatic carbocycles. The summed E-state index contributed by atoms with van der Waals surface area (Å²) in [5, 5.41) is 9.71. The summed E-state index contributed by atoms with van der Waals surface area (Å²) in [7, 11) is 0. The van der Waals surface area contributed by atoms with Gasteiger partial charge in [-0.05, 0) is 42.8 Å². The molecule has 11 heteroatoms. The van der Waals surface area contributed by atoms with Gasteiger partial charge in [0, 0.05) is 24.6 Å². The second-order valence-electron chi connectivity index (χ2n) is 8.20. The molecule has 7 nitrogen and oxygen atoms in total. The number of alkyl halides is 3. The van der Waals surface area contributed by atoms with Crippen molar-refractivity contribution in [3.05, 3.63) is 66.0 Å². The zero-order valence-corrected chi connectivity index (χ0v) is 18.6. The summed E-state index contributed by atoms with van der Waals surface area (Å²) < 4.78 is 59.2. The van der Waals surface area contributed by atoms with E-state index in [1.807, 2.05) is 0 Å². The van der Waals surface area contributed by atoms with Crippen LogP contribution < -0.4 is 10.6 Å². The summed E-state index contributed by atoms with van der Waals surface area (Å²) in [5.41, 5.74) is 1.56. The minimum Gasteiger partial charge on any atom is -0.364 e. The Kier molecular flexibility index (Phi) is 6.88. The minimum absolute atomic E-state index is 0.0711. The average Bonchev–Trinajstić information content (AvgIpc) is 3.43. The second-order valence-corrected chi connectivity index (χ2v) is 8.20. The van der Waals surface area contributed by atoms with Crippen LogP contribution in [0.1, 0.15) is 18.9 Å². The molecule has 2 heterocycles. The predicted molar refractivity (Wildman–Crippen MR) is 119 cm³/mol. The van der Waals surface area contributed by atoms with Crippen molar-refractivity contribution in [2.75, 3.05) is 11.9 Å². The van der Waals surface area contributed by atoms with Gasteiger partial charge in [0.25, 0.3) is 0 Å². The molecule has 0 bridgehead atoms. The number of hydrogen-bond acceptors (Lipinski definition) is 4. The highest BCUT2D eigenvalue weighted by Gasteiger charge is 2.37. The number of para-hydroxylation sites is 1. The number of ether oxygens (including phenoxy) is 1. The highest BCUT2D eigenvalue weighted by atomic mass is 19.4. The Balaban J connectivity index is 1.65. The van der Waals surface area contributed by atoms with E-state index < -0.39 is 30.6 Å². The van der Waals surface area contributed by atoms with Gasteiger partial charge in [0.2, 0.25) is 11.8 Å². The topological polar surface area (TPSA) is 85.2 Å². The van der Waals surface area contributed by atoms with E-state index in [0.717, 1.165) is 13.0 Å². The number of benzene rings is 2. The molecule has 3 aromatic rings. The van der Waals surface area contributed by atoms with Gasteiger partial charge in [-0.2, -0.15) is 13.2 Å². The van der Waals surface area contributed by atoms with Crippen LogP contribution in [0.15, 0.2) is 54.6 Å². The van der Waals surface area contributed by atoms with Crippen molar-refractivity contribution in [3.8, 4) is 16.9 Å². The van der Waals surface area contributed by atoms with E-state index in [1.165, 1.54) is 22.9 Å². The van der Waals surface area contributed by atoms with Gasteiger partial charge in [-0.25, -0.2) is 9.07 Å². The first kappa shape index (κ1) is 24.4. The van der Waals surface area contributed by atoms with Gasteiger partial charge in [-0.15, -0.1) is 5.10 Å². The molecule has 2 N–H and O–H groups in total. The fourth-order valence-electron chi connectivity index (χ4n) is 3.63. The monoisotopic (exact) mass is 490 g/mol. The maximum absolute atomic E-state index is 14.4. The minimum atomic E-state index is -4.53. The van der Waals surface area contributed by atoms with Crippen molar-refractivity contribution >= 4 is 17.6 Å². The summed E-state index contributed by atoms with van der Waals surface area (Å²) in [6.45, 7) is 0.658. The van der Waals surface area contributed by atoms with Crippen molar-refractivity contribution in [1.82, 2.24) is 15.1 Å². The number of nitrogens with zero attached hydrogens (tertiary/aromatic N) is 2. The Labute approximate surface area is 198 Å². The van der Waals surface area contributed by atoms with Gasteiger partial charge in [0.1, 0.15) is 5.82 Å². The number of nitrogens with one attached hydrogen (secondary N) is 2. The van der Waals surface area contributed by atoms with E-state index >= 15 is 0 Å². The normalized spacial score (nSPS) is 16.7. The van der Waals surface area contributed by atoms with Gasteiger partial charge >= 0.3 is 6.18 Å². The fourth-order valence-corrected chi connectivity index (χ4v) is 3.63. The van der Waals surface area contributed by atoms with E-state index in [2.05, 4.69) is 15.7 Å². The van der Waals surface area contributed by atoms with Crippen LogP contribution >= 0.6 is 0 Å². The first-order chi connectivity index (χ1) is 16.6. The van der Waals surface area contributed by atoms with Gasteiger partial charge in [0.05, 0.1) is 23.9 Å². The Hall–Kier alpha value is -3.73. The Bertz CT molecular complexity index is 1230. The molecule has 0 saturated carbocycles. The second kappa shape index (κ2) is 9.87. The van der Waals surface area contributed by atoms with Crippen molar-refractivity contribution < 1.29 is 31.9 Å². The van der Waals surface area contributed by atoms with E-state index in [9.17, 15) is 27.2 Å². The predicted octanol–water partition coefficient (Wildman–Crippen LogP) is 4.22. The summed E-state index contributed by atoms with van der Waals surface area (Å²) in [6, 6.07) is 14.2. The highest BCUT2D eigenvalue weighted by Crippen LogP contribution is 2.29. The number of aromatic nitrogens is 2. The lowest BCUT2D eigenvalue weighted by Crippen LogP contribution is -2.28. The van der Waals surface area contributed by atoms with Gasteiger partial charge in [0.15, 0.2) is 11.9 Å². The third-order valence-electron chi connectivity index (χ3n) is 5.52. The highest BCUT2D eigenvalue weighted by molar-refractivity contribution is 5.97. The smallest absolute Gasteiger partial charge is 0.364 e. The maximum Gasteiger partial charge on any atom is 0.414 e. The SMILES string of the molecule is C[C@H](OCc1cc(F)cc(-c2cc(NC(=O)[C@@H]3CNC(=O)C3)nn2-c2ccccc2)c1)C(F)(F)F. The van der Waals surface area contributed by atoms with Crippen molar-refractivity contribution in [3.63, 3.8) is 0 Å². The lowest BCUT2D eigenvalue weighted by molar-refractivity contribution is -0.217. The molecule has 1 aromatic heterocycles. The summed E-state index contributed by atoms with van der Waals surface area (Å²) in [5.74, 6) is -1.62. The van der Waals surface area contributed by atoms with Crippen LogP contribution in [-0.2, 0) is 20.9 Å². The summed E-state index contributed by atoms with van der Waals surface area (Å²) in [6.07, 6.45) is -6.47. The molecule has 2 atom stereocenters. The molecule has 2 aromatic carbocycles. The quantitative estimate of drug-likeness (QED) is 0.486. The molecule has 0 spiro atoms. The van der Waals surface area contributed by atoms with Crippen molar-refractivity contribution in [2.24, 2.45) is 5.92 Å². The molecular formula is C24H22F4N4O3. The Morgan fingerprint density at radius 1 is 1.23 bits per heavy atom. The van der Waals surface area contributed by atoms with Gasteiger partial charge in [-0.3, -0.25) is 9.59 Å². The number of anilines is 1. The Morgan fingerprint density at radius 3 is 2.63 bits per heavy atom. The number of amides is 2. The molecule has 184 valence electrons. The molecule has 0 unspecified atom stereocenters. The zero-order chi connectivity index (χ0) is 25.2. The van der Waals surface area contributed by atoms with Crippen molar-refractivity contribution in [2.45, 2.75) is 32.2 Å². The first-order valence-electron chi connectivity index (χ1n) is 10.8. The van der Waals surface area contributed by atoms with Crippen LogP contribution in [0, 0.1) is 11.7 Å². The zero-order valence-electron chi connectivity index (χ0n) is 18.6. The van der Waals surface area contributed by atoms with Gasteiger partial charge in [-0.1, -0.05) is 18.2 Å². The van der Waals surface area contributed by atoms with Crippen LogP contribution in [0.4, 0.5) is 23.4 Å². The van der Waals surface area contributed by atoms with E-state index in [4.69, 9.17) is 4.74 Å². The van der Waals surface area contributed by atoms with Crippen LogP contribution in [0.5, 0.6) is 0 Å². The molecule has 1 aliphatic rings. The Morgan fingerprint density at radius 2 is 1.97 bits per heavy atom. The van der Waals surface area contributed by atoms with E-state index in [1.54, 1.807) is 30.3 Å². The number of rotatable bonds is 7. The standard InChI is InChI=1S/C24H22F4N4O3/c1-14(24(26,27)28)35-13-15-7-16(9-18(25)8-15)20-11-21(30-23(34)17-10-22(33)29-12-17)31-32(20)19-5-3-2-4-6-19/h2-9,11,14,17H,10,12-13H2,1H3,(H,29,33)(H,30,31,34)/t14-,17-/m0/s1. The number of halogens is 4. The lowest BCUT2D eigenvalue weighted by atomic mass is 10.1. The molecule has 4 rings (SSSR count).